The number of nitrogens with one attached hydrogen (secondary N) is 1. The van der Waals surface area contributed by atoms with E-state index in [1.165, 1.54) is 38.4 Å². The largest absolute Gasteiger partial charge is 0.305 e. The number of amides is 1. The number of thiazole rings is 1. The van der Waals surface area contributed by atoms with E-state index in [1.54, 1.807) is 0 Å². The average molecular weight is 410 g/mol. The second-order valence-corrected chi connectivity index (χ2v) is 8.98. The summed E-state index contributed by atoms with van der Waals surface area (Å²) in [6, 6.07) is 6.35. The van der Waals surface area contributed by atoms with Crippen molar-refractivity contribution in [2.45, 2.75) is 11.4 Å². The number of carbonyl (C=O) groups excluding carboxylic acids is 1. The highest BCUT2D eigenvalue weighted by Crippen LogP contribution is 2.26. The summed E-state index contributed by atoms with van der Waals surface area (Å²) in [7, 11) is -0.999. The Kier molecular flexibility index (Phi) is 5.09. The van der Waals surface area contributed by atoms with Crippen molar-refractivity contribution in [3.8, 4) is 0 Å². The molecule has 0 fully saturated rings. The highest BCUT2D eigenvalue weighted by Gasteiger charge is 2.19. The molecule has 142 valence electrons. The molecule has 0 unspecified atom stereocenters. The third-order valence-electron chi connectivity index (χ3n) is 3.65. The maximum atomic E-state index is 13.2. The van der Waals surface area contributed by atoms with Gasteiger partial charge in [-0.3, -0.25) is 9.59 Å². The van der Waals surface area contributed by atoms with Gasteiger partial charge < -0.3 is 9.88 Å². The first-order valence-electron chi connectivity index (χ1n) is 7.66. The number of aromatic nitrogens is 2. The Morgan fingerprint density at radius 2 is 2.04 bits per heavy atom. The maximum Gasteiger partial charge on any atom is 0.251 e. The molecule has 8 nitrogen and oxygen atoms in total. The quantitative estimate of drug-likeness (QED) is 0.687. The molecule has 2 heterocycles. The molecule has 3 aromatic rings. The Labute approximate surface area is 157 Å². The number of hydrogen-bond donors (Lipinski definition) is 1. The normalized spacial score (nSPS) is 11.9. The van der Waals surface area contributed by atoms with Gasteiger partial charge in [0.15, 0.2) is 5.13 Å². The summed E-state index contributed by atoms with van der Waals surface area (Å²) in [5.74, 6) is -0.967. The molecule has 0 spiro atoms. The molecular formula is C16H15FN4O4S2. The summed E-state index contributed by atoms with van der Waals surface area (Å²) in [6.45, 7) is -0.389. The average Bonchev–Trinajstić information content (AvgIpc) is 2.97. The Hall–Kier alpha value is -2.63. The van der Waals surface area contributed by atoms with Crippen LogP contribution in [-0.2, 0) is 21.4 Å². The van der Waals surface area contributed by atoms with E-state index in [-0.39, 0.29) is 16.6 Å². The van der Waals surface area contributed by atoms with Crippen LogP contribution in [0.4, 0.5) is 9.52 Å². The number of benzene rings is 1. The van der Waals surface area contributed by atoms with E-state index in [1.807, 2.05) is 0 Å². The van der Waals surface area contributed by atoms with E-state index in [4.69, 9.17) is 0 Å². The van der Waals surface area contributed by atoms with Crippen LogP contribution < -0.4 is 10.9 Å². The van der Waals surface area contributed by atoms with Crippen molar-refractivity contribution in [2.75, 3.05) is 19.4 Å². The second kappa shape index (κ2) is 7.18. The Morgan fingerprint density at radius 3 is 2.74 bits per heavy atom. The molecule has 0 aliphatic heterocycles. The van der Waals surface area contributed by atoms with Gasteiger partial charge in [0.2, 0.25) is 15.9 Å². The van der Waals surface area contributed by atoms with Crippen LogP contribution in [0.1, 0.15) is 0 Å². The van der Waals surface area contributed by atoms with Crippen LogP contribution in [0.2, 0.25) is 0 Å². The molecule has 0 saturated carbocycles. The van der Waals surface area contributed by atoms with Gasteiger partial charge in [-0.1, -0.05) is 11.3 Å². The van der Waals surface area contributed by atoms with Crippen LogP contribution in [-0.4, -0.2) is 42.3 Å². The van der Waals surface area contributed by atoms with Crippen molar-refractivity contribution in [2.24, 2.45) is 0 Å². The van der Waals surface area contributed by atoms with E-state index < -0.39 is 27.3 Å². The van der Waals surface area contributed by atoms with Gasteiger partial charge in [0.05, 0.1) is 15.1 Å². The van der Waals surface area contributed by atoms with Gasteiger partial charge in [-0.2, -0.15) is 0 Å². The molecule has 1 N–H and O–H groups in total. The lowest BCUT2D eigenvalue weighted by Gasteiger charge is -2.13. The molecule has 0 bridgehead atoms. The molecule has 0 aliphatic rings. The fraction of sp³-hybridized carbons (Fsp3) is 0.188. The molecule has 0 atom stereocenters. The predicted octanol–water partition coefficient (Wildman–Crippen LogP) is 1.49. The van der Waals surface area contributed by atoms with Gasteiger partial charge in [0, 0.05) is 26.4 Å². The summed E-state index contributed by atoms with van der Waals surface area (Å²) >= 11 is 1.09. The third-order valence-corrected chi connectivity index (χ3v) is 6.38. The maximum absolute atomic E-state index is 13.2. The summed E-state index contributed by atoms with van der Waals surface area (Å²) in [5.41, 5.74) is 0.0159. The van der Waals surface area contributed by atoms with Crippen molar-refractivity contribution >= 4 is 42.6 Å². The first-order valence-corrected chi connectivity index (χ1v) is 9.91. The molecule has 0 saturated heterocycles. The van der Waals surface area contributed by atoms with Gasteiger partial charge in [-0.05, 0) is 24.3 Å². The van der Waals surface area contributed by atoms with E-state index in [0.29, 0.717) is 10.2 Å². The number of sulfonamides is 1. The van der Waals surface area contributed by atoms with Crippen LogP contribution in [0.15, 0.2) is 46.2 Å². The minimum atomic E-state index is -3.74. The highest BCUT2D eigenvalue weighted by molar-refractivity contribution is 7.89. The summed E-state index contributed by atoms with van der Waals surface area (Å²) in [5, 5.41) is 2.79. The van der Waals surface area contributed by atoms with Crippen molar-refractivity contribution in [3.05, 3.63) is 52.7 Å². The van der Waals surface area contributed by atoms with Crippen molar-refractivity contribution in [1.82, 2.24) is 13.9 Å². The minimum Gasteiger partial charge on any atom is -0.305 e. The smallest absolute Gasteiger partial charge is 0.251 e. The molecule has 3 rings (SSSR count). The van der Waals surface area contributed by atoms with E-state index >= 15 is 0 Å². The van der Waals surface area contributed by atoms with Crippen LogP contribution >= 0.6 is 11.3 Å². The summed E-state index contributed by atoms with van der Waals surface area (Å²) in [4.78, 5) is 28.3. The van der Waals surface area contributed by atoms with E-state index in [9.17, 15) is 22.4 Å². The molecule has 27 heavy (non-hydrogen) atoms. The third kappa shape index (κ3) is 4.04. The van der Waals surface area contributed by atoms with Gasteiger partial charge in [0.25, 0.3) is 5.56 Å². The van der Waals surface area contributed by atoms with E-state index in [0.717, 1.165) is 32.5 Å². The van der Waals surface area contributed by atoms with E-state index in [2.05, 4.69) is 10.3 Å². The number of anilines is 1. The molecule has 0 radical (unpaired) electrons. The zero-order valence-corrected chi connectivity index (χ0v) is 16.0. The van der Waals surface area contributed by atoms with Crippen LogP contribution in [0.5, 0.6) is 0 Å². The van der Waals surface area contributed by atoms with Crippen LogP contribution in [0.3, 0.4) is 0 Å². The van der Waals surface area contributed by atoms with Crippen molar-refractivity contribution in [1.29, 1.82) is 0 Å². The molecule has 1 amide bonds. The lowest BCUT2D eigenvalue weighted by molar-refractivity contribution is -0.116. The lowest BCUT2D eigenvalue weighted by Crippen LogP contribution is -2.29. The van der Waals surface area contributed by atoms with Crippen LogP contribution in [0, 0.1) is 5.82 Å². The Balaban J connectivity index is 1.82. The molecule has 2 aromatic heterocycles. The first-order chi connectivity index (χ1) is 12.7. The number of carbonyl (C=O) groups is 1. The topological polar surface area (TPSA) is 101 Å². The Morgan fingerprint density at radius 1 is 1.30 bits per heavy atom. The number of rotatable bonds is 5. The molecule has 0 aliphatic carbocycles. The predicted molar refractivity (Wildman–Crippen MR) is 99.8 cm³/mol. The SMILES string of the molecule is CN(C)S(=O)(=O)c1ccc(=O)n(CC(=O)Nc2nc3ccc(F)cc3s2)c1. The molecular weight excluding hydrogens is 395 g/mol. The standard InChI is InChI=1S/C16H15FN4O4S2/c1-20(2)27(24,25)11-4-6-15(23)21(8-11)9-14(22)19-16-18-12-5-3-10(17)7-13(12)26-16/h3-8H,9H2,1-2H3,(H,18,19,22). The minimum absolute atomic E-state index is 0.102. The van der Waals surface area contributed by atoms with Gasteiger partial charge in [0.1, 0.15) is 12.4 Å². The van der Waals surface area contributed by atoms with Crippen LogP contribution in [0.25, 0.3) is 10.2 Å². The number of pyridine rings is 1. The van der Waals surface area contributed by atoms with Crippen molar-refractivity contribution in [3.63, 3.8) is 0 Å². The number of nitrogens with zero attached hydrogens (tertiary/aromatic N) is 3. The van der Waals surface area contributed by atoms with Gasteiger partial charge in [-0.25, -0.2) is 22.1 Å². The number of halogens is 1. The first kappa shape index (κ1) is 19.1. The molecule has 11 heteroatoms. The highest BCUT2D eigenvalue weighted by atomic mass is 32.2. The van der Waals surface area contributed by atoms with Gasteiger partial charge >= 0.3 is 0 Å². The van der Waals surface area contributed by atoms with Gasteiger partial charge in [-0.15, -0.1) is 0 Å². The number of fused-ring (bicyclic) bond motifs is 1. The van der Waals surface area contributed by atoms with Crippen molar-refractivity contribution < 1.29 is 17.6 Å². The second-order valence-electron chi connectivity index (χ2n) is 5.80. The molecule has 1 aromatic carbocycles. The Bertz CT molecular complexity index is 1180. The lowest BCUT2D eigenvalue weighted by atomic mass is 10.3. The number of hydrogen-bond acceptors (Lipinski definition) is 6. The summed E-state index contributed by atoms with van der Waals surface area (Å²) < 4.78 is 40.2. The fourth-order valence-electron chi connectivity index (χ4n) is 2.26. The zero-order chi connectivity index (χ0) is 19.8. The zero-order valence-electron chi connectivity index (χ0n) is 14.3. The monoisotopic (exact) mass is 410 g/mol. The summed E-state index contributed by atoms with van der Waals surface area (Å²) in [6.07, 6.45) is 1.12. The fourth-order valence-corrected chi connectivity index (χ4v) is 4.09.